The molecule has 0 saturated heterocycles. The van der Waals surface area contributed by atoms with E-state index in [-0.39, 0.29) is 41.2 Å². The monoisotopic (exact) mass is 538 g/mol. The topological polar surface area (TPSA) is 129 Å². The summed E-state index contributed by atoms with van der Waals surface area (Å²) in [4.78, 5) is 48.4. The minimum absolute atomic E-state index is 0.0410. The van der Waals surface area contributed by atoms with Gasteiger partial charge in [-0.1, -0.05) is 47.8 Å². The van der Waals surface area contributed by atoms with E-state index in [1.54, 1.807) is 13.8 Å². The lowest BCUT2D eigenvalue weighted by atomic mass is 9.62. The first-order valence-electron chi connectivity index (χ1n) is 13.2. The summed E-state index contributed by atoms with van der Waals surface area (Å²) in [6.45, 7) is 20.4. The number of carbonyl (C=O) groups excluding carboxylic acids is 4. The van der Waals surface area contributed by atoms with Crippen LogP contribution in [0.1, 0.15) is 80.6 Å². The van der Waals surface area contributed by atoms with Gasteiger partial charge in [-0.05, 0) is 56.8 Å². The summed E-state index contributed by atoms with van der Waals surface area (Å²) in [5, 5.41) is 5.79. The third-order valence-electron chi connectivity index (χ3n) is 6.38. The first-order valence-corrected chi connectivity index (χ1v) is 13.2. The van der Waals surface area contributed by atoms with Crippen LogP contribution in [0.25, 0.3) is 0 Å². The van der Waals surface area contributed by atoms with Crippen molar-refractivity contribution in [1.29, 1.82) is 0 Å². The smallest absolute Gasteiger partial charge is 0.407 e. The summed E-state index contributed by atoms with van der Waals surface area (Å²) in [6.07, 6.45) is 0.870. The first kappa shape index (κ1) is 33.0. The lowest BCUT2D eigenvalue weighted by Crippen LogP contribution is -2.51. The maximum Gasteiger partial charge on any atom is 0.407 e. The van der Waals surface area contributed by atoms with Crippen LogP contribution in [0.5, 0.6) is 0 Å². The number of esters is 2. The van der Waals surface area contributed by atoms with Crippen molar-refractivity contribution in [2.75, 3.05) is 19.8 Å². The van der Waals surface area contributed by atoms with E-state index in [0.717, 1.165) is 12.8 Å². The summed E-state index contributed by atoms with van der Waals surface area (Å²) in [5.41, 5.74) is 0.150. The van der Waals surface area contributed by atoms with Crippen LogP contribution in [0.2, 0.25) is 0 Å². The lowest BCUT2D eigenvalue weighted by Gasteiger charge is -2.46. The summed E-state index contributed by atoms with van der Waals surface area (Å²) in [5.74, 6) is -1.05. The number of hydrogen-bond acceptors (Lipinski definition) is 8. The molecule has 2 N–H and O–H groups in total. The van der Waals surface area contributed by atoms with Crippen LogP contribution >= 0.6 is 0 Å². The van der Waals surface area contributed by atoms with E-state index in [1.165, 1.54) is 0 Å². The van der Waals surface area contributed by atoms with E-state index < -0.39 is 36.3 Å². The molecule has 0 aliphatic heterocycles. The van der Waals surface area contributed by atoms with E-state index in [9.17, 15) is 19.2 Å². The minimum atomic E-state index is -0.591. The van der Waals surface area contributed by atoms with Crippen LogP contribution in [-0.4, -0.2) is 62.1 Å². The molecule has 0 aromatic carbocycles. The molecule has 1 rings (SSSR count). The van der Waals surface area contributed by atoms with Crippen LogP contribution < -0.4 is 10.6 Å². The highest BCUT2D eigenvalue weighted by Crippen LogP contribution is 2.45. The van der Waals surface area contributed by atoms with Crippen LogP contribution in [-0.2, 0) is 28.5 Å². The Balaban J connectivity index is 2.66. The zero-order chi connectivity index (χ0) is 29.1. The molecule has 0 bridgehead atoms. The molecule has 216 valence electrons. The van der Waals surface area contributed by atoms with E-state index in [2.05, 4.69) is 44.6 Å². The Morgan fingerprint density at radius 3 is 1.76 bits per heavy atom. The van der Waals surface area contributed by atoms with Crippen molar-refractivity contribution in [2.24, 2.45) is 10.8 Å². The van der Waals surface area contributed by atoms with Gasteiger partial charge in [0.15, 0.2) is 0 Å². The van der Waals surface area contributed by atoms with Crippen molar-refractivity contribution in [3.8, 4) is 0 Å². The second-order valence-electron chi connectivity index (χ2n) is 11.4. The van der Waals surface area contributed by atoms with Crippen LogP contribution in [0.15, 0.2) is 24.3 Å². The number of carbonyl (C=O) groups is 4. The molecule has 1 aliphatic rings. The molecule has 4 unspecified atom stereocenters. The maximum atomic E-state index is 12.6. The van der Waals surface area contributed by atoms with Crippen LogP contribution in [0.4, 0.5) is 9.59 Å². The van der Waals surface area contributed by atoms with Gasteiger partial charge in [0, 0.05) is 23.7 Å². The van der Waals surface area contributed by atoms with Crippen LogP contribution in [0.3, 0.4) is 0 Å². The first-order chi connectivity index (χ1) is 17.6. The molecule has 0 radical (unpaired) electrons. The van der Waals surface area contributed by atoms with Crippen molar-refractivity contribution >= 4 is 24.1 Å². The Morgan fingerprint density at radius 1 is 0.842 bits per heavy atom. The largest absolute Gasteiger partial charge is 0.458 e. The van der Waals surface area contributed by atoms with Gasteiger partial charge < -0.3 is 29.6 Å². The van der Waals surface area contributed by atoms with Gasteiger partial charge in [-0.2, -0.15) is 0 Å². The Morgan fingerprint density at radius 2 is 1.32 bits per heavy atom. The number of hydrogen-bond donors (Lipinski definition) is 2. The maximum absolute atomic E-state index is 12.6. The summed E-state index contributed by atoms with van der Waals surface area (Å²) in [7, 11) is 0. The van der Waals surface area contributed by atoms with E-state index in [0.29, 0.717) is 25.8 Å². The predicted octanol–water partition coefficient (Wildman–Crippen LogP) is 4.82. The zero-order valence-electron chi connectivity index (χ0n) is 24.1. The number of ether oxygens (including phenoxy) is 4. The van der Waals surface area contributed by atoms with Crippen molar-refractivity contribution < 1.29 is 38.1 Å². The average molecular weight is 539 g/mol. The number of alkyl carbamates (subject to hydrolysis) is 2. The van der Waals surface area contributed by atoms with Gasteiger partial charge in [0.2, 0.25) is 0 Å². The second-order valence-corrected chi connectivity index (χ2v) is 11.4. The van der Waals surface area contributed by atoms with E-state index in [4.69, 9.17) is 18.9 Å². The van der Waals surface area contributed by atoms with Crippen molar-refractivity contribution in [2.45, 2.75) is 98.8 Å². The van der Waals surface area contributed by atoms with Gasteiger partial charge in [0.05, 0.1) is 0 Å². The molecule has 4 atom stereocenters. The van der Waals surface area contributed by atoms with Gasteiger partial charge in [0.1, 0.15) is 25.4 Å². The quantitative estimate of drug-likeness (QED) is 0.194. The fourth-order valence-electron chi connectivity index (χ4n) is 4.76. The van der Waals surface area contributed by atoms with Crippen molar-refractivity contribution in [1.82, 2.24) is 10.6 Å². The highest BCUT2D eigenvalue weighted by Gasteiger charge is 2.42. The summed E-state index contributed by atoms with van der Waals surface area (Å²) in [6, 6.07) is -0.172. The highest BCUT2D eigenvalue weighted by atomic mass is 16.6. The molecule has 0 heterocycles. The molecule has 1 fully saturated rings. The number of amides is 2. The van der Waals surface area contributed by atoms with Gasteiger partial charge in [-0.15, -0.1) is 0 Å². The molecule has 1 aliphatic carbocycles. The number of nitrogens with one attached hydrogen (secondary N) is 2. The Kier molecular flexibility index (Phi) is 12.8. The molecule has 2 amide bonds. The highest BCUT2D eigenvalue weighted by molar-refractivity contribution is 5.87. The Bertz CT molecular complexity index is 884. The molecular formula is C28H46N2O8. The molecule has 10 nitrogen and oxygen atoms in total. The molecule has 38 heavy (non-hydrogen) atoms. The molecule has 10 heteroatoms. The van der Waals surface area contributed by atoms with Gasteiger partial charge in [-0.3, -0.25) is 0 Å². The molecule has 0 spiro atoms. The van der Waals surface area contributed by atoms with Crippen LogP contribution in [0, 0.1) is 10.8 Å². The molecular weight excluding hydrogens is 492 g/mol. The van der Waals surface area contributed by atoms with Gasteiger partial charge in [-0.25, -0.2) is 19.2 Å². The number of rotatable bonds is 13. The average Bonchev–Trinajstić information content (AvgIpc) is 2.80. The summed E-state index contributed by atoms with van der Waals surface area (Å²) < 4.78 is 21.1. The fourth-order valence-corrected chi connectivity index (χ4v) is 4.76. The standard InChI is InChI=1S/C28H46N2O8/c1-10-21(14-35-23(31)18(3)4)37-25(33)29-17-28(9)13-20(12-27(7,8)16-28)30-26(34)38-22(11-2)15-36-24(32)19(5)6/h20-22H,3,5,10-17H2,1-2,4,6-9H3,(H,29,33)(H,30,34). The zero-order valence-corrected chi connectivity index (χ0v) is 24.1. The molecule has 0 aromatic heterocycles. The lowest BCUT2D eigenvalue weighted by molar-refractivity contribution is -0.142. The normalized spacial score (nSPS) is 21.7. The fraction of sp³-hybridized carbons (Fsp3) is 0.714. The third kappa shape index (κ3) is 12.0. The van der Waals surface area contributed by atoms with E-state index >= 15 is 0 Å². The molecule has 0 aromatic rings. The van der Waals surface area contributed by atoms with E-state index in [1.807, 2.05) is 13.8 Å². The predicted molar refractivity (Wildman–Crippen MR) is 143 cm³/mol. The second kappa shape index (κ2) is 14.8. The Hall–Kier alpha value is -3.04. The SMILES string of the molecule is C=C(C)C(=O)OCC(CC)OC(=O)NCC1(C)CC(NC(=O)OC(CC)COC(=O)C(=C)C)CC(C)(C)C1. The van der Waals surface area contributed by atoms with Crippen molar-refractivity contribution in [3.05, 3.63) is 24.3 Å². The van der Waals surface area contributed by atoms with Gasteiger partial charge >= 0.3 is 24.1 Å². The van der Waals surface area contributed by atoms with Gasteiger partial charge in [0.25, 0.3) is 0 Å². The minimum Gasteiger partial charge on any atom is -0.458 e. The summed E-state index contributed by atoms with van der Waals surface area (Å²) >= 11 is 0. The molecule has 1 saturated carbocycles. The van der Waals surface area contributed by atoms with Crippen molar-refractivity contribution in [3.63, 3.8) is 0 Å². The third-order valence-corrected chi connectivity index (χ3v) is 6.38. The Labute approximate surface area is 226 Å².